The van der Waals surface area contributed by atoms with Gasteiger partial charge in [-0.05, 0) is 19.8 Å². The third-order valence-corrected chi connectivity index (χ3v) is 2.44. The number of rotatable bonds is 4. The lowest BCUT2D eigenvalue weighted by atomic mass is 10.0. The summed E-state index contributed by atoms with van der Waals surface area (Å²) in [4.78, 5) is 21.9. The molecule has 1 heterocycles. The number of aliphatic hydroxyl groups is 1. The van der Waals surface area contributed by atoms with E-state index in [1.54, 1.807) is 0 Å². The Bertz CT molecular complexity index is 265. The molecule has 1 aliphatic rings. The van der Waals surface area contributed by atoms with Gasteiger partial charge in [0.15, 0.2) is 5.60 Å². The summed E-state index contributed by atoms with van der Waals surface area (Å²) < 4.78 is 0. The van der Waals surface area contributed by atoms with E-state index in [0.717, 1.165) is 6.42 Å². The number of piperidine rings is 1. The predicted molar refractivity (Wildman–Crippen MR) is 52.3 cm³/mol. The molecule has 1 saturated heterocycles. The monoisotopic (exact) mass is 216 g/mol. The van der Waals surface area contributed by atoms with Crippen LogP contribution >= 0.6 is 0 Å². The average molecular weight is 216 g/mol. The first kappa shape index (κ1) is 11.9. The number of amides is 1. The fourth-order valence-corrected chi connectivity index (χ4v) is 1.36. The van der Waals surface area contributed by atoms with Gasteiger partial charge in [-0.25, -0.2) is 4.79 Å². The number of carbonyl (C=O) groups excluding carboxylic acids is 1. The number of hydrogen-bond donors (Lipinski definition) is 4. The fourth-order valence-electron chi connectivity index (χ4n) is 1.36. The third-order valence-electron chi connectivity index (χ3n) is 2.44. The summed E-state index contributed by atoms with van der Waals surface area (Å²) in [5, 5.41) is 23.5. The van der Waals surface area contributed by atoms with E-state index in [1.165, 1.54) is 6.92 Å². The van der Waals surface area contributed by atoms with Crippen LogP contribution in [-0.2, 0) is 9.59 Å². The minimum Gasteiger partial charge on any atom is -0.479 e. The van der Waals surface area contributed by atoms with Gasteiger partial charge in [-0.15, -0.1) is 0 Å². The van der Waals surface area contributed by atoms with E-state index < -0.39 is 17.6 Å². The first-order valence-corrected chi connectivity index (χ1v) is 4.90. The van der Waals surface area contributed by atoms with Gasteiger partial charge < -0.3 is 20.8 Å². The van der Waals surface area contributed by atoms with Crippen LogP contribution in [0.2, 0.25) is 0 Å². The lowest BCUT2D eigenvalue weighted by Crippen LogP contribution is -2.54. The Hall–Kier alpha value is -1.14. The number of carbonyl (C=O) groups is 2. The zero-order valence-electron chi connectivity index (χ0n) is 8.62. The van der Waals surface area contributed by atoms with Crippen LogP contribution in [0.5, 0.6) is 0 Å². The number of nitrogens with one attached hydrogen (secondary N) is 2. The van der Waals surface area contributed by atoms with Gasteiger partial charge in [-0.1, -0.05) is 0 Å². The molecule has 0 aromatic heterocycles. The van der Waals surface area contributed by atoms with E-state index in [0.29, 0.717) is 13.0 Å². The van der Waals surface area contributed by atoms with Crippen LogP contribution < -0.4 is 10.6 Å². The number of carboxylic acid groups (broad SMARTS) is 1. The maximum Gasteiger partial charge on any atom is 0.336 e. The molecule has 1 aliphatic heterocycles. The summed E-state index contributed by atoms with van der Waals surface area (Å²) in [6, 6.07) is -0.399. The molecular formula is C9H16N2O4. The highest BCUT2D eigenvalue weighted by molar-refractivity contribution is 5.82. The molecule has 1 amide bonds. The van der Waals surface area contributed by atoms with Gasteiger partial charge in [-0.3, -0.25) is 4.79 Å². The van der Waals surface area contributed by atoms with E-state index in [1.807, 2.05) is 0 Å². The summed E-state index contributed by atoms with van der Waals surface area (Å²) in [5.74, 6) is -1.44. The van der Waals surface area contributed by atoms with E-state index in [2.05, 4.69) is 10.6 Å². The van der Waals surface area contributed by atoms with Crippen LogP contribution in [0.3, 0.4) is 0 Å². The standard InChI is InChI=1S/C9H16N2O4/c1-9(15,8(13)14)5-11-6-3-2-4-10-7(6)12/h6,11,15H,2-5H2,1H3,(H,10,12)(H,13,14). The van der Waals surface area contributed by atoms with Crippen molar-refractivity contribution in [3.8, 4) is 0 Å². The zero-order chi connectivity index (χ0) is 11.5. The quantitative estimate of drug-likeness (QED) is 0.467. The second-order valence-electron chi connectivity index (χ2n) is 3.95. The number of hydrogen-bond acceptors (Lipinski definition) is 4. The summed E-state index contributed by atoms with van der Waals surface area (Å²) in [7, 11) is 0. The Morgan fingerprint density at radius 3 is 2.93 bits per heavy atom. The molecule has 0 aromatic rings. The molecule has 0 bridgehead atoms. The van der Waals surface area contributed by atoms with Crippen LogP contribution in [0.15, 0.2) is 0 Å². The van der Waals surface area contributed by atoms with Crippen molar-refractivity contribution >= 4 is 11.9 Å². The molecule has 0 aromatic carbocycles. The van der Waals surface area contributed by atoms with Crippen molar-refractivity contribution in [3.63, 3.8) is 0 Å². The molecule has 86 valence electrons. The average Bonchev–Trinajstić information content (AvgIpc) is 2.16. The van der Waals surface area contributed by atoms with Gasteiger partial charge in [0.25, 0.3) is 0 Å². The van der Waals surface area contributed by atoms with Crippen molar-refractivity contribution in [1.82, 2.24) is 10.6 Å². The normalized spacial score (nSPS) is 25.5. The summed E-state index contributed by atoms with van der Waals surface area (Å²) >= 11 is 0. The predicted octanol–water partition coefficient (Wildman–Crippen LogP) is -1.31. The maximum absolute atomic E-state index is 11.3. The molecule has 4 N–H and O–H groups in total. The minimum absolute atomic E-state index is 0.137. The van der Waals surface area contributed by atoms with Gasteiger partial charge in [0, 0.05) is 13.1 Å². The van der Waals surface area contributed by atoms with Gasteiger partial charge >= 0.3 is 5.97 Å². The van der Waals surface area contributed by atoms with E-state index in [9.17, 15) is 14.7 Å². The molecule has 6 nitrogen and oxygen atoms in total. The largest absolute Gasteiger partial charge is 0.479 e. The Kier molecular flexibility index (Phi) is 3.65. The Morgan fingerprint density at radius 1 is 1.73 bits per heavy atom. The lowest BCUT2D eigenvalue weighted by molar-refractivity contribution is -0.156. The molecule has 2 atom stereocenters. The van der Waals surface area contributed by atoms with Crippen LogP contribution in [-0.4, -0.2) is 46.8 Å². The second-order valence-corrected chi connectivity index (χ2v) is 3.95. The van der Waals surface area contributed by atoms with Crippen LogP contribution in [0, 0.1) is 0 Å². The molecule has 0 aliphatic carbocycles. The Morgan fingerprint density at radius 2 is 2.40 bits per heavy atom. The van der Waals surface area contributed by atoms with Crippen LogP contribution in [0.1, 0.15) is 19.8 Å². The molecule has 1 rings (SSSR count). The van der Waals surface area contributed by atoms with E-state index >= 15 is 0 Å². The smallest absolute Gasteiger partial charge is 0.336 e. The summed E-state index contributed by atoms with van der Waals surface area (Å²) in [5.41, 5.74) is -1.84. The molecule has 0 radical (unpaired) electrons. The van der Waals surface area contributed by atoms with Crippen molar-refractivity contribution in [2.24, 2.45) is 0 Å². The van der Waals surface area contributed by atoms with Gasteiger partial charge in [-0.2, -0.15) is 0 Å². The van der Waals surface area contributed by atoms with Gasteiger partial charge in [0.1, 0.15) is 0 Å². The van der Waals surface area contributed by atoms with Gasteiger partial charge in [0.2, 0.25) is 5.91 Å². The topological polar surface area (TPSA) is 98.7 Å². The fraction of sp³-hybridized carbons (Fsp3) is 0.778. The minimum atomic E-state index is -1.84. The number of aliphatic carboxylic acids is 1. The van der Waals surface area contributed by atoms with Crippen molar-refractivity contribution < 1.29 is 19.8 Å². The first-order valence-electron chi connectivity index (χ1n) is 4.90. The lowest BCUT2D eigenvalue weighted by Gasteiger charge is -2.26. The van der Waals surface area contributed by atoms with Crippen molar-refractivity contribution in [2.75, 3.05) is 13.1 Å². The van der Waals surface area contributed by atoms with E-state index in [4.69, 9.17) is 5.11 Å². The Balaban J connectivity index is 2.42. The highest BCUT2D eigenvalue weighted by Gasteiger charge is 2.32. The third kappa shape index (κ3) is 3.17. The molecular weight excluding hydrogens is 200 g/mol. The SMILES string of the molecule is CC(O)(CNC1CCCNC1=O)C(=O)O. The molecule has 0 spiro atoms. The van der Waals surface area contributed by atoms with E-state index in [-0.39, 0.29) is 12.5 Å². The molecule has 15 heavy (non-hydrogen) atoms. The first-order chi connectivity index (χ1) is 6.93. The Labute approximate surface area is 87.7 Å². The highest BCUT2D eigenvalue weighted by Crippen LogP contribution is 2.06. The van der Waals surface area contributed by atoms with Crippen LogP contribution in [0.25, 0.3) is 0 Å². The van der Waals surface area contributed by atoms with Crippen molar-refractivity contribution in [3.05, 3.63) is 0 Å². The number of carboxylic acids is 1. The molecule has 6 heteroatoms. The zero-order valence-corrected chi connectivity index (χ0v) is 8.62. The van der Waals surface area contributed by atoms with Crippen molar-refractivity contribution in [2.45, 2.75) is 31.4 Å². The molecule has 1 fully saturated rings. The molecule has 0 saturated carbocycles. The summed E-state index contributed by atoms with van der Waals surface area (Å²) in [6.45, 7) is 1.72. The maximum atomic E-state index is 11.3. The summed E-state index contributed by atoms with van der Waals surface area (Å²) in [6.07, 6.45) is 1.53. The second kappa shape index (κ2) is 4.59. The highest BCUT2D eigenvalue weighted by atomic mass is 16.4. The van der Waals surface area contributed by atoms with Crippen LogP contribution in [0.4, 0.5) is 0 Å². The van der Waals surface area contributed by atoms with Crippen molar-refractivity contribution in [1.29, 1.82) is 0 Å². The molecule has 2 unspecified atom stereocenters. The van der Waals surface area contributed by atoms with Gasteiger partial charge in [0.05, 0.1) is 6.04 Å².